The van der Waals surface area contributed by atoms with Gasteiger partial charge in [-0.2, -0.15) is 0 Å². The summed E-state index contributed by atoms with van der Waals surface area (Å²) in [7, 11) is 0. The molecule has 10 heteroatoms. The topological polar surface area (TPSA) is 124 Å². The van der Waals surface area contributed by atoms with Crippen molar-refractivity contribution in [2.45, 2.75) is 0 Å². The van der Waals surface area contributed by atoms with E-state index in [1.54, 1.807) is 17.1 Å². The zero-order valence-corrected chi connectivity index (χ0v) is 19.4. The second-order valence-electron chi connectivity index (χ2n) is 8.44. The van der Waals surface area contributed by atoms with E-state index in [4.69, 9.17) is 0 Å². The first-order valence-corrected chi connectivity index (χ1v) is 11.2. The number of nitrogens with zero attached hydrogens (tertiary/aromatic N) is 3. The number of ketones is 2. The van der Waals surface area contributed by atoms with Crippen molar-refractivity contribution in [2.24, 2.45) is 0 Å². The summed E-state index contributed by atoms with van der Waals surface area (Å²) in [6.07, 6.45) is 3.23. The van der Waals surface area contributed by atoms with Crippen molar-refractivity contribution in [1.82, 2.24) is 4.90 Å². The smallest absolute Gasteiger partial charge is 0.269 e. The molecular weight excluding hydrogens is 481 g/mol. The summed E-state index contributed by atoms with van der Waals surface area (Å²) in [6.45, 7) is 0.273. The molecule has 1 fully saturated rings. The minimum absolute atomic E-state index is 0.0336. The van der Waals surface area contributed by atoms with Gasteiger partial charge in [0.05, 0.1) is 16.4 Å². The van der Waals surface area contributed by atoms with Crippen LogP contribution in [0, 0.1) is 26.0 Å². The maximum Gasteiger partial charge on any atom is 0.269 e. The number of halogens is 1. The molecule has 0 bridgehead atoms. The highest BCUT2D eigenvalue weighted by atomic mass is 19.1. The minimum atomic E-state index is -0.517. The minimum Gasteiger partial charge on any atom is -0.293 e. The molecule has 1 aliphatic rings. The average molecular weight is 501 g/mol. The SMILES string of the molecule is O=C1/C(=C\c2ccc([N+](=O)[O-])cc2)CN(CC(=O)c2ccc(F)cc2)C/C1=C/c1ccc([N+](=O)[O-])cc1. The zero-order chi connectivity index (χ0) is 26.5. The van der Waals surface area contributed by atoms with Crippen LogP contribution < -0.4 is 0 Å². The summed E-state index contributed by atoms with van der Waals surface area (Å²) in [5.74, 6) is -0.970. The first-order chi connectivity index (χ1) is 17.7. The summed E-state index contributed by atoms with van der Waals surface area (Å²) in [6, 6.07) is 16.7. The number of rotatable bonds is 7. The van der Waals surface area contributed by atoms with Crippen molar-refractivity contribution >= 4 is 35.1 Å². The molecule has 0 amide bonds. The second kappa shape index (κ2) is 10.8. The van der Waals surface area contributed by atoms with E-state index >= 15 is 0 Å². The van der Waals surface area contributed by atoms with Gasteiger partial charge >= 0.3 is 0 Å². The fourth-order valence-electron chi connectivity index (χ4n) is 3.94. The van der Waals surface area contributed by atoms with Crippen molar-refractivity contribution in [3.05, 3.63) is 127 Å². The third kappa shape index (κ3) is 6.24. The Balaban J connectivity index is 1.65. The molecular formula is C27H20FN3O6. The van der Waals surface area contributed by atoms with E-state index in [-0.39, 0.29) is 42.6 Å². The van der Waals surface area contributed by atoms with Gasteiger partial charge in [-0.15, -0.1) is 0 Å². The van der Waals surface area contributed by atoms with Crippen LogP contribution in [-0.2, 0) is 4.79 Å². The number of benzene rings is 3. The standard InChI is InChI=1S/C27H20FN3O6/c28-23-7-5-20(6-8-23)26(32)17-29-15-21(13-18-1-9-24(10-2-18)30(34)35)27(33)22(16-29)14-19-3-11-25(12-4-19)31(36)37/h1-14H,15-17H2/b21-13-,22-14-. The lowest BCUT2D eigenvalue weighted by Gasteiger charge is -2.29. The molecule has 4 rings (SSSR count). The van der Waals surface area contributed by atoms with Crippen molar-refractivity contribution in [2.75, 3.05) is 19.6 Å². The molecule has 186 valence electrons. The van der Waals surface area contributed by atoms with Gasteiger partial charge < -0.3 is 0 Å². The Morgan fingerprint density at radius 3 is 1.62 bits per heavy atom. The van der Waals surface area contributed by atoms with Crippen LogP contribution in [-0.4, -0.2) is 45.9 Å². The first-order valence-electron chi connectivity index (χ1n) is 11.2. The first kappa shape index (κ1) is 25.3. The molecule has 1 saturated heterocycles. The van der Waals surface area contributed by atoms with E-state index in [2.05, 4.69) is 0 Å². The molecule has 1 aliphatic heterocycles. The normalized spacial score (nSPS) is 16.2. The fourth-order valence-corrected chi connectivity index (χ4v) is 3.94. The molecule has 3 aromatic carbocycles. The number of carbonyl (C=O) groups is 2. The molecule has 0 saturated carbocycles. The highest BCUT2D eigenvalue weighted by Gasteiger charge is 2.27. The number of carbonyl (C=O) groups excluding carboxylic acids is 2. The number of nitro benzene ring substituents is 2. The van der Waals surface area contributed by atoms with Gasteiger partial charge in [0, 0.05) is 54.1 Å². The maximum atomic E-state index is 13.3. The predicted octanol–water partition coefficient (Wildman–Crippen LogP) is 4.88. The summed E-state index contributed by atoms with van der Waals surface area (Å²) < 4.78 is 13.3. The lowest BCUT2D eigenvalue weighted by molar-refractivity contribution is -0.385. The van der Waals surface area contributed by atoms with Crippen molar-refractivity contribution < 1.29 is 23.8 Å². The quantitative estimate of drug-likeness (QED) is 0.196. The lowest BCUT2D eigenvalue weighted by atomic mass is 9.93. The molecule has 37 heavy (non-hydrogen) atoms. The summed E-state index contributed by atoms with van der Waals surface area (Å²) in [5, 5.41) is 21.9. The second-order valence-corrected chi connectivity index (χ2v) is 8.44. The molecule has 1 heterocycles. The highest BCUT2D eigenvalue weighted by molar-refractivity contribution is 6.14. The van der Waals surface area contributed by atoms with Gasteiger partial charge in [-0.05, 0) is 71.8 Å². The van der Waals surface area contributed by atoms with Crippen molar-refractivity contribution in [1.29, 1.82) is 0 Å². The zero-order valence-electron chi connectivity index (χ0n) is 19.4. The van der Waals surface area contributed by atoms with Crippen LogP contribution in [0.2, 0.25) is 0 Å². The Kier molecular flexibility index (Phi) is 7.40. The van der Waals surface area contributed by atoms with Crippen LogP contribution in [0.4, 0.5) is 15.8 Å². The Morgan fingerprint density at radius 2 is 1.22 bits per heavy atom. The van der Waals surface area contributed by atoms with Gasteiger partial charge in [-0.1, -0.05) is 0 Å². The monoisotopic (exact) mass is 501 g/mol. The van der Waals surface area contributed by atoms with E-state index in [9.17, 15) is 34.2 Å². The third-order valence-corrected chi connectivity index (χ3v) is 5.79. The number of non-ortho nitro benzene ring substituents is 2. The lowest BCUT2D eigenvalue weighted by Crippen LogP contribution is -2.40. The maximum absolute atomic E-state index is 13.3. The number of nitro groups is 2. The Morgan fingerprint density at radius 1 is 0.784 bits per heavy atom. The van der Waals surface area contributed by atoms with E-state index in [1.165, 1.54) is 72.8 Å². The van der Waals surface area contributed by atoms with E-state index in [0.29, 0.717) is 27.8 Å². The van der Waals surface area contributed by atoms with E-state index in [1.807, 2.05) is 0 Å². The fraction of sp³-hybridized carbons (Fsp3) is 0.111. The van der Waals surface area contributed by atoms with Gasteiger partial charge in [-0.3, -0.25) is 34.7 Å². The van der Waals surface area contributed by atoms with Gasteiger partial charge in [0.25, 0.3) is 11.4 Å². The Labute approximate surface area is 210 Å². The summed E-state index contributed by atoms with van der Waals surface area (Å²) in [4.78, 5) is 48.8. The molecule has 0 N–H and O–H groups in total. The Hall–Kier alpha value is -4.83. The Bertz CT molecular complexity index is 1350. The molecule has 3 aromatic rings. The molecule has 0 aromatic heterocycles. The van der Waals surface area contributed by atoms with Crippen LogP contribution >= 0.6 is 0 Å². The van der Waals surface area contributed by atoms with Gasteiger partial charge in [0.15, 0.2) is 11.6 Å². The molecule has 0 unspecified atom stereocenters. The predicted molar refractivity (Wildman–Crippen MR) is 134 cm³/mol. The van der Waals surface area contributed by atoms with Crippen LogP contribution in [0.3, 0.4) is 0 Å². The number of hydrogen-bond donors (Lipinski definition) is 0. The number of hydrogen-bond acceptors (Lipinski definition) is 7. The summed E-state index contributed by atoms with van der Waals surface area (Å²) in [5.41, 5.74) is 2.08. The van der Waals surface area contributed by atoms with Crippen molar-refractivity contribution in [3.63, 3.8) is 0 Å². The van der Waals surface area contributed by atoms with Crippen LogP contribution in [0.5, 0.6) is 0 Å². The molecule has 9 nitrogen and oxygen atoms in total. The molecule has 0 atom stereocenters. The van der Waals surface area contributed by atoms with E-state index in [0.717, 1.165) is 0 Å². The average Bonchev–Trinajstić information content (AvgIpc) is 2.87. The highest BCUT2D eigenvalue weighted by Crippen LogP contribution is 2.24. The van der Waals surface area contributed by atoms with Crippen LogP contribution in [0.15, 0.2) is 83.9 Å². The molecule has 0 spiro atoms. The van der Waals surface area contributed by atoms with Crippen LogP contribution in [0.25, 0.3) is 12.2 Å². The number of piperidine rings is 1. The number of Topliss-reactive ketones (excluding diaryl/α,β-unsaturated/α-hetero) is 2. The number of likely N-dealkylation sites (tertiary alicyclic amines) is 1. The van der Waals surface area contributed by atoms with E-state index < -0.39 is 15.7 Å². The molecule has 0 radical (unpaired) electrons. The van der Waals surface area contributed by atoms with Crippen LogP contribution in [0.1, 0.15) is 21.5 Å². The van der Waals surface area contributed by atoms with Gasteiger partial charge in [-0.25, -0.2) is 4.39 Å². The largest absolute Gasteiger partial charge is 0.293 e. The van der Waals surface area contributed by atoms with Gasteiger partial charge in [0.1, 0.15) is 5.82 Å². The van der Waals surface area contributed by atoms with Gasteiger partial charge in [0.2, 0.25) is 0 Å². The third-order valence-electron chi connectivity index (χ3n) is 5.79. The summed E-state index contributed by atoms with van der Waals surface area (Å²) >= 11 is 0. The van der Waals surface area contributed by atoms with Crippen molar-refractivity contribution in [3.8, 4) is 0 Å². The molecule has 0 aliphatic carbocycles.